The Labute approximate surface area is 83.9 Å². The van der Waals surface area contributed by atoms with E-state index in [1.807, 2.05) is 0 Å². The van der Waals surface area contributed by atoms with E-state index in [-0.39, 0.29) is 5.41 Å². The highest BCUT2D eigenvalue weighted by Gasteiger charge is 2.16. The molecule has 1 rings (SSSR count). The molecule has 0 aliphatic carbocycles. The molecular formula is C11H14N2O. The molecule has 0 saturated carbocycles. The Morgan fingerprint density at radius 2 is 1.79 bits per heavy atom. The summed E-state index contributed by atoms with van der Waals surface area (Å²) >= 11 is 0. The lowest BCUT2D eigenvalue weighted by molar-refractivity contribution is -0.104. The van der Waals surface area contributed by atoms with Crippen LogP contribution < -0.4 is 0 Å². The molecule has 0 atom stereocenters. The maximum atomic E-state index is 10.1. The number of carbonyl (C=O) groups is 1. The van der Waals surface area contributed by atoms with Crippen molar-refractivity contribution in [1.82, 2.24) is 9.97 Å². The Bertz CT molecular complexity index is 333. The summed E-state index contributed by atoms with van der Waals surface area (Å²) in [7, 11) is 0. The standard InChI is InChI=1S/C11H14N2O/c1-11(2,3)10-12-7-9(8-13-10)5-4-6-14/h4-8H,1-3H3/b5-4+. The van der Waals surface area contributed by atoms with Crippen LogP contribution in [0.5, 0.6) is 0 Å². The lowest BCUT2D eigenvalue weighted by Crippen LogP contribution is -2.15. The van der Waals surface area contributed by atoms with Gasteiger partial charge in [0.25, 0.3) is 0 Å². The predicted octanol–water partition coefficient (Wildman–Crippen LogP) is 1.99. The third kappa shape index (κ3) is 2.76. The molecule has 0 aliphatic rings. The van der Waals surface area contributed by atoms with Gasteiger partial charge < -0.3 is 0 Å². The highest BCUT2D eigenvalue weighted by molar-refractivity contribution is 5.73. The summed E-state index contributed by atoms with van der Waals surface area (Å²) in [5.74, 6) is 0.806. The molecular weight excluding hydrogens is 176 g/mol. The third-order valence-electron chi connectivity index (χ3n) is 1.71. The van der Waals surface area contributed by atoms with Gasteiger partial charge in [0.2, 0.25) is 0 Å². The molecule has 0 N–H and O–H groups in total. The van der Waals surface area contributed by atoms with Crippen LogP contribution in [0.2, 0.25) is 0 Å². The van der Waals surface area contributed by atoms with Gasteiger partial charge >= 0.3 is 0 Å². The highest BCUT2D eigenvalue weighted by Crippen LogP contribution is 2.17. The number of aromatic nitrogens is 2. The molecule has 3 heteroatoms. The fourth-order valence-corrected chi connectivity index (χ4v) is 0.962. The molecule has 0 aliphatic heterocycles. The Balaban J connectivity index is 2.89. The van der Waals surface area contributed by atoms with Crippen LogP contribution >= 0.6 is 0 Å². The zero-order chi connectivity index (χ0) is 10.6. The van der Waals surface area contributed by atoms with Gasteiger partial charge in [0.1, 0.15) is 12.1 Å². The molecule has 0 unspecified atom stereocenters. The number of nitrogens with zero attached hydrogens (tertiary/aromatic N) is 2. The lowest BCUT2D eigenvalue weighted by atomic mass is 9.96. The minimum atomic E-state index is -0.0348. The number of rotatable bonds is 2. The minimum absolute atomic E-state index is 0.0348. The largest absolute Gasteiger partial charge is 0.299 e. The van der Waals surface area contributed by atoms with Crippen molar-refractivity contribution in [2.24, 2.45) is 0 Å². The second-order valence-electron chi connectivity index (χ2n) is 4.09. The first-order valence-electron chi connectivity index (χ1n) is 4.48. The number of hydrogen-bond donors (Lipinski definition) is 0. The molecule has 74 valence electrons. The Kier molecular flexibility index (Phi) is 3.12. The van der Waals surface area contributed by atoms with Crippen molar-refractivity contribution >= 4 is 12.4 Å². The maximum absolute atomic E-state index is 10.1. The first kappa shape index (κ1) is 10.6. The molecule has 1 heterocycles. The van der Waals surface area contributed by atoms with Crippen LogP contribution in [0.25, 0.3) is 6.08 Å². The van der Waals surface area contributed by atoms with E-state index in [4.69, 9.17) is 0 Å². The van der Waals surface area contributed by atoms with Gasteiger partial charge in [0.05, 0.1) is 0 Å². The zero-order valence-electron chi connectivity index (χ0n) is 8.69. The van der Waals surface area contributed by atoms with Gasteiger partial charge in [0.15, 0.2) is 0 Å². The van der Waals surface area contributed by atoms with E-state index in [0.717, 1.165) is 17.7 Å². The second kappa shape index (κ2) is 4.13. The number of aldehydes is 1. The number of carbonyl (C=O) groups excluding carboxylic acids is 1. The van der Waals surface area contributed by atoms with Crippen molar-refractivity contribution in [3.63, 3.8) is 0 Å². The first-order valence-corrected chi connectivity index (χ1v) is 4.48. The van der Waals surface area contributed by atoms with Crippen LogP contribution in [0.4, 0.5) is 0 Å². The molecule has 0 fully saturated rings. The molecule has 1 aromatic rings. The normalized spacial score (nSPS) is 11.9. The Morgan fingerprint density at radius 3 is 2.21 bits per heavy atom. The van der Waals surface area contributed by atoms with Crippen LogP contribution in [0.15, 0.2) is 18.5 Å². The van der Waals surface area contributed by atoms with Gasteiger partial charge in [-0.25, -0.2) is 9.97 Å². The van der Waals surface area contributed by atoms with Crippen LogP contribution in [0.1, 0.15) is 32.2 Å². The van der Waals surface area contributed by atoms with E-state index < -0.39 is 0 Å². The van der Waals surface area contributed by atoms with Gasteiger partial charge in [-0.15, -0.1) is 0 Å². The fraction of sp³-hybridized carbons (Fsp3) is 0.364. The zero-order valence-corrected chi connectivity index (χ0v) is 8.69. The summed E-state index contributed by atoms with van der Waals surface area (Å²) in [6.45, 7) is 6.18. The Hall–Kier alpha value is -1.51. The maximum Gasteiger partial charge on any atom is 0.142 e. The SMILES string of the molecule is CC(C)(C)c1ncc(/C=C/C=O)cn1. The van der Waals surface area contributed by atoms with Crippen molar-refractivity contribution in [1.29, 1.82) is 0 Å². The molecule has 1 aromatic heterocycles. The van der Waals surface area contributed by atoms with Crippen molar-refractivity contribution < 1.29 is 4.79 Å². The summed E-state index contributed by atoms with van der Waals surface area (Å²) in [5, 5.41) is 0. The van der Waals surface area contributed by atoms with Crippen molar-refractivity contribution in [2.45, 2.75) is 26.2 Å². The lowest BCUT2D eigenvalue weighted by Gasteiger charge is -2.15. The van der Waals surface area contributed by atoms with E-state index in [9.17, 15) is 4.79 Å². The van der Waals surface area contributed by atoms with Gasteiger partial charge in [0, 0.05) is 23.4 Å². The van der Waals surface area contributed by atoms with E-state index in [2.05, 4.69) is 30.7 Å². The van der Waals surface area contributed by atoms with Crippen molar-refractivity contribution in [3.8, 4) is 0 Å². The van der Waals surface area contributed by atoms with Crippen molar-refractivity contribution in [2.75, 3.05) is 0 Å². The predicted molar refractivity (Wildman–Crippen MR) is 55.8 cm³/mol. The molecule has 3 nitrogen and oxygen atoms in total. The quantitative estimate of drug-likeness (QED) is 0.529. The molecule has 0 bridgehead atoms. The molecule has 0 aromatic carbocycles. The molecule has 14 heavy (non-hydrogen) atoms. The first-order chi connectivity index (χ1) is 6.54. The van der Waals surface area contributed by atoms with Crippen LogP contribution in [0, 0.1) is 0 Å². The van der Waals surface area contributed by atoms with Crippen LogP contribution in [-0.4, -0.2) is 16.3 Å². The fourth-order valence-electron chi connectivity index (χ4n) is 0.962. The summed E-state index contributed by atoms with van der Waals surface area (Å²) in [6, 6.07) is 0. The average molecular weight is 190 g/mol. The smallest absolute Gasteiger partial charge is 0.142 e. The van der Waals surface area contributed by atoms with Gasteiger partial charge in [-0.05, 0) is 12.2 Å². The van der Waals surface area contributed by atoms with E-state index in [1.165, 1.54) is 6.08 Å². The summed E-state index contributed by atoms with van der Waals surface area (Å²) in [6.07, 6.45) is 7.27. The number of hydrogen-bond acceptors (Lipinski definition) is 3. The number of allylic oxidation sites excluding steroid dienone is 1. The van der Waals surface area contributed by atoms with Gasteiger partial charge in [-0.3, -0.25) is 4.79 Å². The highest BCUT2D eigenvalue weighted by atomic mass is 16.1. The summed E-state index contributed by atoms with van der Waals surface area (Å²) in [4.78, 5) is 18.5. The second-order valence-corrected chi connectivity index (χ2v) is 4.09. The molecule has 0 amide bonds. The third-order valence-corrected chi connectivity index (χ3v) is 1.71. The van der Waals surface area contributed by atoms with Gasteiger partial charge in [-0.1, -0.05) is 20.8 Å². The van der Waals surface area contributed by atoms with Crippen LogP contribution in [0.3, 0.4) is 0 Å². The van der Waals surface area contributed by atoms with Crippen LogP contribution in [-0.2, 0) is 10.2 Å². The van der Waals surface area contributed by atoms with Crippen molar-refractivity contribution in [3.05, 3.63) is 29.9 Å². The van der Waals surface area contributed by atoms with Gasteiger partial charge in [-0.2, -0.15) is 0 Å². The molecule has 0 radical (unpaired) electrons. The van der Waals surface area contributed by atoms with E-state index in [0.29, 0.717) is 0 Å². The molecule has 0 spiro atoms. The van der Waals surface area contributed by atoms with E-state index >= 15 is 0 Å². The topological polar surface area (TPSA) is 42.9 Å². The minimum Gasteiger partial charge on any atom is -0.299 e. The summed E-state index contributed by atoms with van der Waals surface area (Å²) in [5.41, 5.74) is 0.803. The van der Waals surface area contributed by atoms with E-state index in [1.54, 1.807) is 18.5 Å². The monoisotopic (exact) mass is 190 g/mol. The average Bonchev–Trinajstić information content (AvgIpc) is 2.14. The summed E-state index contributed by atoms with van der Waals surface area (Å²) < 4.78 is 0. The molecule has 0 saturated heterocycles. The Morgan fingerprint density at radius 1 is 1.21 bits per heavy atom.